The van der Waals surface area contributed by atoms with Gasteiger partial charge in [0, 0.05) is 32.7 Å². The molecule has 0 saturated carbocycles. The maximum absolute atomic E-state index is 13.7. The highest BCUT2D eigenvalue weighted by molar-refractivity contribution is 6.02. The first-order chi connectivity index (χ1) is 30.1. The lowest BCUT2D eigenvalue weighted by atomic mass is 9.99. The summed E-state index contributed by atoms with van der Waals surface area (Å²) in [6, 6.07) is 16.4. The van der Waals surface area contributed by atoms with Gasteiger partial charge in [0.2, 0.25) is 0 Å². The Morgan fingerprint density at radius 3 is 0.703 bits per heavy atom. The van der Waals surface area contributed by atoms with Crippen LogP contribution in [0.2, 0.25) is 0 Å². The molecule has 0 radical (unpaired) electrons. The van der Waals surface area contributed by atoms with E-state index >= 15 is 0 Å². The minimum absolute atomic E-state index is 0.130. The van der Waals surface area contributed by atoms with Crippen LogP contribution >= 0.6 is 0 Å². The van der Waals surface area contributed by atoms with Crippen molar-refractivity contribution in [2.24, 2.45) is 0 Å². The van der Waals surface area contributed by atoms with Crippen LogP contribution in [-0.4, -0.2) is 19.9 Å². The Labute approximate surface area is 350 Å². The lowest BCUT2D eigenvalue weighted by molar-refractivity contribution is -0.138. The van der Waals surface area contributed by atoms with E-state index in [1.165, 1.54) is 0 Å². The summed E-state index contributed by atoms with van der Waals surface area (Å²) in [5.74, 6) is 0. The summed E-state index contributed by atoms with van der Waals surface area (Å²) in [4.78, 5) is 25.0. The van der Waals surface area contributed by atoms with Gasteiger partial charge in [-0.2, -0.15) is 52.7 Å². The number of rotatable bonds is 4. The number of alkyl halides is 12. The largest absolute Gasteiger partial charge is 0.416 e. The van der Waals surface area contributed by atoms with Gasteiger partial charge >= 0.3 is 24.7 Å². The summed E-state index contributed by atoms with van der Waals surface area (Å²) in [6.07, 6.45) is -19.3. The highest BCUT2D eigenvalue weighted by atomic mass is 19.4. The first-order valence-electron chi connectivity index (χ1n) is 17.7. The van der Waals surface area contributed by atoms with E-state index in [2.05, 4.69) is 29.6 Å². The average Bonchev–Trinajstić information content (AvgIpc) is 3.25. The number of nitrogens with zero attached hydrogens (tertiary/aromatic N) is 8. The molecule has 0 bridgehead atoms. The van der Waals surface area contributed by atoms with E-state index in [1.54, 1.807) is 12.1 Å². The van der Waals surface area contributed by atoms with Gasteiger partial charge in [-0.05, 0) is 48.5 Å². The van der Waals surface area contributed by atoms with Crippen molar-refractivity contribution in [3.63, 3.8) is 0 Å². The van der Waals surface area contributed by atoms with Crippen molar-refractivity contribution in [2.45, 2.75) is 24.7 Å². The Morgan fingerprint density at radius 1 is 0.375 bits per heavy atom. The fourth-order valence-corrected chi connectivity index (χ4v) is 6.59. The fraction of sp³-hybridized carbons (Fsp3) is 0.0909. The third-order valence-corrected chi connectivity index (χ3v) is 9.59. The Bertz CT molecular complexity index is 2880. The van der Waals surface area contributed by atoms with Crippen molar-refractivity contribution in [3.05, 3.63) is 153 Å². The van der Waals surface area contributed by atoms with E-state index in [9.17, 15) is 63.2 Å². The predicted octanol–water partition coefficient (Wildman–Crippen LogP) is 11.4. The molecule has 0 saturated heterocycles. The standard InChI is InChI=1S/C44H16F12N8/c1-59-29(19-57)31-37-39(63-35(23-7-15-27(16-8-23)43(51,52)53)33(61-37)21-3-11-25(12-4-21)41(45,46)47)32(30(20-58)60-2)40-38(31)62-34(22-5-13-26(14-6-22)42(48,49)50)36(64-40)24-9-17-28(18-10-24)44(54,55)56/h3-18H. The Kier molecular flexibility index (Phi) is 10.8. The summed E-state index contributed by atoms with van der Waals surface area (Å²) in [5, 5.41) is 19.6. The van der Waals surface area contributed by atoms with Crippen molar-refractivity contribution >= 4 is 33.5 Å². The second-order valence-electron chi connectivity index (χ2n) is 13.4. The zero-order chi connectivity index (χ0) is 46.5. The van der Waals surface area contributed by atoms with Crippen LogP contribution in [0.15, 0.2) is 97.1 Å². The fourth-order valence-electron chi connectivity index (χ4n) is 6.59. The van der Waals surface area contributed by atoms with E-state index in [1.807, 2.05) is 0 Å². The summed E-state index contributed by atoms with van der Waals surface area (Å²) in [7, 11) is 0. The van der Waals surface area contributed by atoms with Gasteiger partial charge in [0.05, 0.1) is 92.4 Å². The minimum atomic E-state index is -4.82. The molecule has 0 aliphatic heterocycles. The third kappa shape index (κ3) is 8.08. The number of halogens is 12. The normalized spacial score (nSPS) is 12.0. The molecule has 0 unspecified atom stereocenters. The Balaban J connectivity index is 1.73. The molecule has 5 aromatic carbocycles. The van der Waals surface area contributed by atoms with Gasteiger partial charge in [-0.1, -0.05) is 48.5 Å². The van der Waals surface area contributed by atoms with Crippen molar-refractivity contribution in [3.8, 4) is 57.2 Å². The average molecular weight is 885 g/mol. The lowest BCUT2D eigenvalue weighted by Gasteiger charge is -2.17. The number of benzene rings is 5. The van der Waals surface area contributed by atoms with Crippen molar-refractivity contribution < 1.29 is 52.7 Å². The van der Waals surface area contributed by atoms with Gasteiger partial charge in [0.25, 0.3) is 11.4 Å². The SMILES string of the molecule is [C-]#[N+]C(C#N)=c1c2nc(-c3ccc(C(F)(F)F)cc3)c(-c3ccc(C(F)(F)F)cc3)nc2c(=C(C#N)[N+]#[C-])c2nc(-c3ccc(C(F)(F)F)cc3)c(-c3ccc(C(F)(F)F)cc3)nc12. The van der Waals surface area contributed by atoms with Crippen molar-refractivity contribution in [1.29, 1.82) is 10.5 Å². The quantitative estimate of drug-likeness (QED) is 0.0990. The molecule has 0 aliphatic rings. The zero-order valence-corrected chi connectivity index (χ0v) is 31.4. The van der Waals surface area contributed by atoms with E-state index in [0.29, 0.717) is 48.5 Å². The van der Waals surface area contributed by atoms with E-state index in [-0.39, 0.29) is 45.0 Å². The summed E-state index contributed by atoms with van der Waals surface area (Å²) < 4.78 is 164. The number of nitriles is 2. The summed E-state index contributed by atoms with van der Waals surface area (Å²) >= 11 is 0. The Morgan fingerprint density at radius 2 is 0.562 bits per heavy atom. The van der Waals surface area contributed by atoms with Gasteiger partial charge in [-0.3, -0.25) is 0 Å². The van der Waals surface area contributed by atoms with Crippen LogP contribution in [-0.2, 0) is 24.7 Å². The number of hydrogen-bond acceptors (Lipinski definition) is 6. The maximum atomic E-state index is 13.7. The molecule has 20 heteroatoms. The van der Waals surface area contributed by atoms with E-state index in [4.69, 9.17) is 13.1 Å². The smallest absolute Gasteiger partial charge is 0.244 e. The molecule has 7 rings (SSSR count). The van der Waals surface area contributed by atoms with E-state index < -0.39 is 90.9 Å². The molecule has 0 amide bonds. The third-order valence-electron chi connectivity index (χ3n) is 9.59. The molecule has 316 valence electrons. The second-order valence-corrected chi connectivity index (χ2v) is 13.4. The van der Waals surface area contributed by atoms with Crippen molar-refractivity contribution in [2.75, 3.05) is 0 Å². The highest BCUT2D eigenvalue weighted by Crippen LogP contribution is 2.39. The molecule has 0 aliphatic carbocycles. The molecule has 64 heavy (non-hydrogen) atoms. The topological polar surface area (TPSA) is 108 Å². The molecule has 2 aromatic heterocycles. The minimum Gasteiger partial charge on any atom is -0.244 e. The first-order valence-corrected chi connectivity index (χ1v) is 17.7. The van der Waals surface area contributed by atoms with Gasteiger partial charge in [-0.15, -0.1) is 0 Å². The first kappa shape index (κ1) is 43.7. The molecule has 7 aromatic rings. The van der Waals surface area contributed by atoms with Crippen LogP contribution in [0.25, 0.3) is 88.2 Å². The van der Waals surface area contributed by atoms with E-state index in [0.717, 1.165) is 48.5 Å². The number of fused-ring (bicyclic) bond motifs is 2. The van der Waals surface area contributed by atoms with Gasteiger partial charge < -0.3 is 0 Å². The van der Waals surface area contributed by atoms with Crippen LogP contribution in [0.3, 0.4) is 0 Å². The predicted molar refractivity (Wildman–Crippen MR) is 205 cm³/mol. The molecular weight excluding hydrogens is 869 g/mol. The van der Waals surface area contributed by atoms with Gasteiger partial charge in [-0.25, -0.2) is 40.1 Å². The van der Waals surface area contributed by atoms with Gasteiger partial charge in [0.1, 0.15) is 0 Å². The summed E-state index contributed by atoms with van der Waals surface area (Å²) in [6.45, 7) is 15.8. The van der Waals surface area contributed by atoms with Crippen LogP contribution in [0, 0.1) is 35.8 Å². The zero-order valence-electron chi connectivity index (χ0n) is 31.4. The molecule has 8 nitrogen and oxygen atoms in total. The van der Waals surface area contributed by atoms with Crippen LogP contribution in [0.5, 0.6) is 0 Å². The van der Waals surface area contributed by atoms with Crippen LogP contribution < -0.4 is 10.4 Å². The summed E-state index contributed by atoms with van der Waals surface area (Å²) in [5.41, 5.74) is -9.96. The highest BCUT2D eigenvalue weighted by Gasteiger charge is 2.34. The van der Waals surface area contributed by atoms with Crippen LogP contribution in [0.4, 0.5) is 52.7 Å². The monoisotopic (exact) mass is 884 g/mol. The molecule has 0 N–H and O–H groups in total. The number of aromatic nitrogens is 4. The molecule has 0 spiro atoms. The Hall–Kier alpha value is -8.36. The maximum Gasteiger partial charge on any atom is 0.416 e. The number of hydrogen-bond donors (Lipinski definition) is 0. The van der Waals surface area contributed by atoms with Gasteiger partial charge in [0.15, 0.2) is 0 Å². The van der Waals surface area contributed by atoms with Crippen molar-refractivity contribution in [1.82, 2.24) is 19.9 Å². The molecule has 0 fully saturated rings. The van der Waals surface area contributed by atoms with Crippen LogP contribution in [0.1, 0.15) is 22.3 Å². The lowest BCUT2D eigenvalue weighted by Crippen LogP contribution is -2.23. The molecule has 0 atom stereocenters. The molecular formula is C44H16F12N8. The molecule has 2 heterocycles. The second kappa shape index (κ2) is 15.8.